The van der Waals surface area contributed by atoms with Crippen LogP contribution in [0.15, 0.2) is 115 Å². The van der Waals surface area contributed by atoms with Gasteiger partial charge in [-0.1, -0.05) is 103 Å². The third-order valence-electron chi connectivity index (χ3n) is 8.81. The van der Waals surface area contributed by atoms with E-state index in [9.17, 15) is 4.79 Å². The fourth-order valence-corrected chi connectivity index (χ4v) is 6.09. The third kappa shape index (κ3) is 9.30. The fraction of sp³-hybridized carbons (Fsp3) is 0.375. The van der Waals surface area contributed by atoms with Gasteiger partial charge in [0.2, 0.25) is 0 Å². The molecule has 0 spiro atoms. The van der Waals surface area contributed by atoms with Crippen LogP contribution < -0.4 is 10.1 Å². The average molecular weight is 654 g/mol. The number of carbonyl (C=O) groups excluding carboxylic acids is 1. The molecular formula is C40H47NO7. The first-order valence-electron chi connectivity index (χ1n) is 16.4. The van der Waals surface area contributed by atoms with E-state index in [1.165, 1.54) is 7.11 Å². The van der Waals surface area contributed by atoms with Gasteiger partial charge in [0.15, 0.2) is 0 Å². The van der Waals surface area contributed by atoms with Crippen molar-refractivity contribution in [3.8, 4) is 5.75 Å². The topological polar surface area (TPSA) is 84.5 Å². The molecule has 0 aromatic heterocycles. The highest BCUT2D eigenvalue weighted by Crippen LogP contribution is 2.37. The molecule has 8 heteroatoms. The minimum Gasteiger partial charge on any atom is -0.497 e. The molecule has 0 aliphatic carbocycles. The molecule has 48 heavy (non-hydrogen) atoms. The summed E-state index contributed by atoms with van der Waals surface area (Å²) in [5.74, 6) is 0.418. The monoisotopic (exact) mass is 653 g/mol. The van der Waals surface area contributed by atoms with Crippen LogP contribution in [0.2, 0.25) is 0 Å². The van der Waals surface area contributed by atoms with E-state index in [1.54, 1.807) is 7.11 Å². The van der Waals surface area contributed by atoms with Gasteiger partial charge in [-0.25, -0.2) is 0 Å². The average Bonchev–Trinajstić information content (AvgIpc) is 3.47. The van der Waals surface area contributed by atoms with Gasteiger partial charge in [0, 0.05) is 6.54 Å². The SMILES string of the molecule is COC(=O)C(C)(C)[C@@H](NCc1ccc(OC)cc1)[C@@H]1O[C@H](COCc2ccccc2)[C@@H](OCc2ccccc2)[C@H]1OCc1ccccc1. The summed E-state index contributed by atoms with van der Waals surface area (Å²) in [5, 5.41) is 3.65. The number of nitrogens with one attached hydrogen (secondary N) is 1. The highest BCUT2D eigenvalue weighted by atomic mass is 16.6. The third-order valence-corrected chi connectivity index (χ3v) is 8.81. The van der Waals surface area contributed by atoms with E-state index in [0.717, 1.165) is 28.0 Å². The predicted octanol–water partition coefficient (Wildman–Crippen LogP) is 6.51. The molecule has 5 rings (SSSR count). The minimum absolute atomic E-state index is 0.278. The Hall–Kier alpha value is -4.05. The Morgan fingerprint density at radius 3 is 1.75 bits per heavy atom. The molecule has 8 nitrogen and oxygen atoms in total. The second-order valence-electron chi connectivity index (χ2n) is 12.6. The van der Waals surface area contributed by atoms with Crippen LogP contribution >= 0.6 is 0 Å². The van der Waals surface area contributed by atoms with Crippen molar-refractivity contribution in [2.45, 2.75) is 70.7 Å². The molecule has 1 fully saturated rings. The molecular weight excluding hydrogens is 606 g/mol. The molecule has 0 saturated carbocycles. The van der Waals surface area contributed by atoms with Gasteiger partial charge in [0.25, 0.3) is 0 Å². The second-order valence-corrected chi connectivity index (χ2v) is 12.6. The lowest BCUT2D eigenvalue weighted by Gasteiger charge is -2.38. The number of benzene rings is 4. The number of rotatable bonds is 17. The Bertz CT molecular complexity index is 1520. The number of hydrogen-bond donors (Lipinski definition) is 1. The molecule has 0 amide bonds. The first-order valence-corrected chi connectivity index (χ1v) is 16.4. The van der Waals surface area contributed by atoms with Crippen molar-refractivity contribution in [2.75, 3.05) is 20.8 Å². The van der Waals surface area contributed by atoms with Crippen LogP contribution in [0.3, 0.4) is 0 Å². The van der Waals surface area contributed by atoms with Gasteiger partial charge in [0.1, 0.15) is 30.2 Å². The van der Waals surface area contributed by atoms with Gasteiger partial charge in [-0.2, -0.15) is 0 Å². The van der Waals surface area contributed by atoms with Gasteiger partial charge in [-0.15, -0.1) is 0 Å². The smallest absolute Gasteiger partial charge is 0.312 e. The van der Waals surface area contributed by atoms with Gasteiger partial charge in [-0.05, 0) is 48.2 Å². The standard InChI is InChI=1S/C40H47NO7/c1-40(2,39(42)44-4)38(41-24-29-20-22-33(43-3)23-21-29)37-36(47-27-32-18-12-7-13-19-32)35(46-26-31-16-10-6-11-17-31)34(48-37)28-45-25-30-14-8-5-9-15-30/h5-23,34-38,41H,24-28H2,1-4H3/t34-,35-,36-,37-,38+/m1/s1. The summed E-state index contributed by atoms with van der Waals surface area (Å²) in [7, 11) is 3.06. The molecule has 5 atom stereocenters. The summed E-state index contributed by atoms with van der Waals surface area (Å²) >= 11 is 0. The van der Waals surface area contributed by atoms with E-state index in [2.05, 4.69) is 5.32 Å². The minimum atomic E-state index is -0.996. The molecule has 1 N–H and O–H groups in total. The van der Waals surface area contributed by atoms with Crippen LogP contribution in [0.5, 0.6) is 5.75 Å². The molecule has 1 aliphatic rings. The lowest BCUT2D eigenvalue weighted by atomic mass is 9.79. The van der Waals surface area contributed by atoms with Crippen molar-refractivity contribution in [3.63, 3.8) is 0 Å². The molecule has 1 aliphatic heterocycles. The van der Waals surface area contributed by atoms with Crippen molar-refractivity contribution >= 4 is 5.97 Å². The highest BCUT2D eigenvalue weighted by Gasteiger charge is 2.54. The molecule has 0 unspecified atom stereocenters. The molecule has 1 heterocycles. The summed E-state index contributed by atoms with van der Waals surface area (Å²) in [4.78, 5) is 13.4. The Labute approximate surface area is 284 Å². The summed E-state index contributed by atoms with van der Waals surface area (Å²) in [6, 6.07) is 37.4. The number of ether oxygens (including phenoxy) is 6. The lowest BCUT2D eigenvalue weighted by Crippen LogP contribution is -2.57. The Morgan fingerprint density at radius 1 is 0.708 bits per heavy atom. The van der Waals surface area contributed by atoms with E-state index in [4.69, 9.17) is 28.4 Å². The first-order chi connectivity index (χ1) is 23.4. The van der Waals surface area contributed by atoms with E-state index in [-0.39, 0.29) is 12.6 Å². The zero-order valence-corrected chi connectivity index (χ0v) is 28.2. The van der Waals surface area contributed by atoms with Crippen LogP contribution in [0.1, 0.15) is 36.1 Å². The van der Waals surface area contributed by atoms with Crippen LogP contribution in [0.25, 0.3) is 0 Å². The number of methoxy groups -OCH3 is 2. The van der Waals surface area contributed by atoms with Crippen LogP contribution in [0, 0.1) is 5.41 Å². The maximum Gasteiger partial charge on any atom is 0.312 e. The molecule has 4 aromatic carbocycles. The van der Waals surface area contributed by atoms with Crippen molar-refractivity contribution in [3.05, 3.63) is 138 Å². The Morgan fingerprint density at radius 2 is 1.23 bits per heavy atom. The normalized spacial score (nSPS) is 19.9. The zero-order valence-electron chi connectivity index (χ0n) is 28.2. The number of carbonyl (C=O) groups is 1. The zero-order chi connectivity index (χ0) is 33.8. The highest BCUT2D eigenvalue weighted by molar-refractivity contribution is 5.77. The molecule has 0 radical (unpaired) electrons. The van der Waals surface area contributed by atoms with Crippen molar-refractivity contribution in [1.82, 2.24) is 5.32 Å². The maximum atomic E-state index is 13.4. The van der Waals surface area contributed by atoms with E-state index in [1.807, 2.05) is 129 Å². The van der Waals surface area contributed by atoms with Gasteiger partial charge in [0.05, 0.1) is 52.1 Å². The maximum absolute atomic E-state index is 13.4. The van der Waals surface area contributed by atoms with Gasteiger partial charge >= 0.3 is 5.97 Å². The van der Waals surface area contributed by atoms with Crippen molar-refractivity contribution in [1.29, 1.82) is 0 Å². The molecule has 254 valence electrons. The Kier molecular flexibility index (Phi) is 12.8. The summed E-state index contributed by atoms with van der Waals surface area (Å²) < 4.78 is 37.3. The van der Waals surface area contributed by atoms with Gasteiger partial charge in [-0.3, -0.25) is 4.79 Å². The lowest BCUT2D eigenvalue weighted by molar-refractivity contribution is -0.158. The van der Waals surface area contributed by atoms with E-state index >= 15 is 0 Å². The van der Waals surface area contributed by atoms with Gasteiger partial charge < -0.3 is 33.7 Å². The molecule has 1 saturated heterocycles. The quantitative estimate of drug-likeness (QED) is 0.129. The number of hydrogen-bond acceptors (Lipinski definition) is 8. The van der Waals surface area contributed by atoms with Crippen LogP contribution in [0.4, 0.5) is 0 Å². The van der Waals surface area contributed by atoms with Crippen molar-refractivity contribution in [2.24, 2.45) is 5.41 Å². The largest absolute Gasteiger partial charge is 0.497 e. The number of esters is 1. The summed E-state index contributed by atoms with van der Waals surface area (Å²) in [6.45, 7) is 5.65. The molecule has 4 aromatic rings. The Balaban J connectivity index is 1.46. The summed E-state index contributed by atoms with van der Waals surface area (Å²) in [5.41, 5.74) is 3.16. The second kappa shape index (κ2) is 17.4. The van der Waals surface area contributed by atoms with E-state index < -0.39 is 35.9 Å². The van der Waals surface area contributed by atoms with E-state index in [0.29, 0.717) is 26.4 Å². The van der Waals surface area contributed by atoms with Crippen LogP contribution in [-0.4, -0.2) is 57.3 Å². The van der Waals surface area contributed by atoms with Crippen molar-refractivity contribution < 1.29 is 33.2 Å². The summed E-state index contributed by atoms with van der Waals surface area (Å²) in [6.07, 6.45) is -2.10. The predicted molar refractivity (Wildman–Crippen MR) is 184 cm³/mol. The first kappa shape index (κ1) is 35.3. The van der Waals surface area contributed by atoms with Crippen LogP contribution in [-0.2, 0) is 54.8 Å². The molecule has 0 bridgehead atoms. The fourth-order valence-electron chi connectivity index (χ4n) is 6.09.